The predicted molar refractivity (Wildman–Crippen MR) is 92.5 cm³/mol. The maximum Gasteiger partial charge on any atom is 0.238 e. The lowest BCUT2D eigenvalue weighted by molar-refractivity contribution is -0.117. The number of nitrogens with one attached hydrogen (secondary N) is 1. The fourth-order valence-corrected chi connectivity index (χ4v) is 3.92. The summed E-state index contributed by atoms with van der Waals surface area (Å²) in [5.41, 5.74) is 4.70. The Morgan fingerprint density at radius 2 is 2.23 bits per heavy atom. The van der Waals surface area contributed by atoms with Crippen LogP contribution >= 0.6 is 11.3 Å². The molecule has 0 spiro atoms. The number of anilines is 1. The number of hydrogen-bond acceptors (Lipinski definition) is 3. The smallest absolute Gasteiger partial charge is 0.238 e. The van der Waals surface area contributed by atoms with E-state index in [1.165, 1.54) is 16.0 Å². The molecule has 2 aromatic rings. The van der Waals surface area contributed by atoms with Gasteiger partial charge in [-0.25, -0.2) is 0 Å². The van der Waals surface area contributed by atoms with Crippen molar-refractivity contribution in [2.45, 2.75) is 33.2 Å². The molecule has 0 fully saturated rings. The molecule has 116 valence electrons. The minimum Gasteiger partial charge on any atom is -0.324 e. The number of nitrogens with zero attached hydrogens (tertiary/aromatic N) is 1. The van der Waals surface area contributed by atoms with E-state index in [0.29, 0.717) is 6.54 Å². The molecule has 1 amide bonds. The Bertz CT molecular complexity index is 677. The van der Waals surface area contributed by atoms with Crippen molar-refractivity contribution in [3.63, 3.8) is 0 Å². The Morgan fingerprint density at radius 1 is 1.36 bits per heavy atom. The molecule has 0 atom stereocenters. The van der Waals surface area contributed by atoms with Gasteiger partial charge >= 0.3 is 0 Å². The topological polar surface area (TPSA) is 32.3 Å². The molecular formula is C18H22N2OS. The second-order valence-corrected chi connectivity index (χ2v) is 6.84. The molecule has 22 heavy (non-hydrogen) atoms. The summed E-state index contributed by atoms with van der Waals surface area (Å²) in [4.78, 5) is 16.1. The monoisotopic (exact) mass is 314 g/mol. The van der Waals surface area contributed by atoms with Crippen LogP contribution in [0.15, 0.2) is 29.6 Å². The summed E-state index contributed by atoms with van der Waals surface area (Å²) < 4.78 is 0. The van der Waals surface area contributed by atoms with Crippen LogP contribution in [0.4, 0.5) is 5.69 Å². The molecule has 4 heteroatoms. The zero-order valence-electron chi connectivity index (χ0n) is 13.2. The van der Waals surface area contributed by atoms with E-state index in [-0.39, 0.29) is 5.91 Å². The van der Waals surface area contributed by atoms with Gasteiger partial charge in [0, 0.05) is 23.7 Å². The predicted octanol–water partition coefficient (Wildman–Crippen LogP) is 3.62. The van der Waals surface area contributed by atoms with Crippen LogP contribution in [0.1, 0.15) is 28.5 Å². The lowest BCUT2D eigenvalue weighted by atomic mass is 10.1. The van der Waals surface area contributed by atoms with Crippen LogP contribution in [0.2, 0.25) is 0 Å². The van der Waals surface area contributed by atoms with Gasteiger partial charge in [-0.15, -0.1) is 11.3 Å². The van der Waals surface area contributed by atoms with Crippen LogP contribution in [0, 0.1) is 6.92 Å². The van der Waals surface area contributed by atoms with Crippen molar-refractivity contribution in [2.75, 3.05) is 18.4 Å². The summed E-state index contributed by atoms with van der Waals surface area (Å²) in [6.45, 7) is 6.49. The molecule has 1 aliphatic heterocycles. The van der Waals surface area contributed by atoms with E-state index in [1.54, 1.807) is 0 Å². The standard InChI is InChI=1S/C18H22N2OS/c1-3-14-6-4-5-13(2)18(14)19-17(21)12-20-9-7-16-15(11-20)8-10-22-16/h4-6,8,10H,3,7,9,11-12H2,1-2H3,(H,19,21). The van der Waals surface area contributed by atoms with Crippen LogP contribution < -0.4 is 5.32 Å². The number of aryl methyl sites for hydroxylation is 2. The average molecular weight is 314 g/mol. The number of fused-ring (bicyclic) bond motifs is 1. The molecular weight excluding hydrogens is 292 g/mol. The molecule has 1 N–H and O–H groups in total. The molecule has 0 aliphatic carbocycles. The van der Waals surface area contributed by atoms with Crippen LogP contribution in [-0.4, -0.2) is 23.9 Å². The molecule has 1 aromatic heterocycles. The van der Waals surface area contributed by atoms with Crippen molar-refractivity contribution in [1.82, 2.24) is 4.90 Å². The van der Waals surface area contributed by atoms with Crippen molar-refractivity contribution < 1.29 is 4.79 Å². The molecule has 2 heterocycles. The Hall–Kier alpha value is -1.65. The third kappa shape index (κ3) is 3.23. The molecule has 1 aromatic carbocycles. The highest BCUT2D eigenvalue weighted by molar-refractivity contribution is 7.10. The van der Waals surface area contributed by atoms with Gasteiger partial charge in [-0.1, -0.05) is 25.1 Å². The SMILES string of the molecule is CCc1cccc(C)c1NC(=O)CN1CCc2sccc2C1. The number of benzene rings is 1. The molecule has 0 radical (unpaired) electrons. The van der Waals surface area contributed by atoms with E-state index < -0.39 is 0 Å². The molecule has 3 rings (SSSR count). The summed E-state index contributed by atoms with van der Waals surface area (Å²) in [5.74, 6) is 0.0858. The van der Waals surface area contributed by atoms with Crippen molar-refractivity contribution in [3.8, 4) is 0 Å². The van der Waals surface area contributed by atoms with Crippen molar-refractivity contribution in [2.24, 2.45) is 0 Å². The molecule has 0 bridgehead atoms. The quantitative estimate of drug-likeness (QED) is 0.935. The highest BCUT2D eigenvalue weighted by atomic mass is 32.1. The van der Waals surface area contributed by atoms with Gasteiger partial charge in [0.1, 0.15) is 0 Å². The molecule has 1 aliphatic rings. The third-order valence-electron chi connectivity index (χ3n) is 4.26. The zero-order valence-corrected chi connectivity index (χ0v) is 14.0. The van der Waals surface area contributed by atoms with Crippen molar-refractivity contribution in [3.05, 3.63) is 51.2 Å². The normalized spacial score (nSPS) is 14.6. The first-order valence-corrected chi connectivity index (χ1v) is 8.71. The van der Waals surface area contributed by atoms with E-state index >= 15 is 0 Å². The fourth-order valence-electron chi connectivity index (χ4n) is 3.03. The lowest BCUT2D eigenvalue weighted by Gasteiger charge is -2.26. The summed E-state index contributed by atoms with van der Waals surface area (Å²) in [6, 6.07) is 8.36. The second-order valence-electron chi connectivity index (χ2n) is 5.84. The summed E-state index contributed by atoms with van der Waals surface area (Å²) >= 11 is 1.83. The minimum absolute atomic E-state index is 0.0858. The molecule has 0 unspecified atom stereocenters. The van der Waals surface area contributed by atoms with Gasteiger partial charge in [0.2, 0.25) is 5.91 Å². The minimum atomic E-state index is 0.0858. The number of carbonyl (C=O) groups is 1. The first kappa shape index (κ1) is 15.3. The Balaban J connectivity index is 1.64. The van der Waals surface area contributed by atoms with Gasteiger partial charge in [0.25, 0.3) is 0 Å². The van der Waals surface area contributed by atoms with E-state index in [4.69, 9.17) is 0 Å². The highest BCUT2D eigenvalue weighted by Crippen LogP contribution is 2.24. The Kier molecular flexibility index (Phi) is 4.60. The van der Waals surface area contributed by atoms with E-state index in [0.717, 1.165) is 37.2 Å². The van der Waals surface area contributed by atoms with Gasteiger partial charge in [-0.2, -0.15) is 0 Å². The second kappa shape index (κ2) is 6.63. The van der Waals surface area contributed by atoms with Gasteiger partial charge in [-0.05, 0) is 47.9 Å². The maximum absolute atomic E-state index is 12.4. The van der Waals surface area contributed by atoms with Gasteiger partial charge < -0.3 is 5.32 Å². The highest BCUT2D eigenvalue weighted by Gasteiger charge is 2.19. The molecule has 3 nitrogen and oxygen atoms in total. The van der Waals surface area contributed by atoms with Crippen LogP contribution in [0.25, 0.3) is 0 Å². The zero-order chi connectivity index (χ0) is 15.5. The summed E-state index contributed by atoms with van der Waals surface area (Å²) in [7, 11) is 0. The number of hydrogen-bond donors (Lipinski definition) is 1. The number of para-hydroxylation sites is 1. The van der Waals surface area contributed by atoms with Crippen molar-refractivity contribution in [1.29, 1.82) is 0 Å². The van der Waals surface area contributed by atoms with E-state index in [2.05, 4.69) is 34.7 Å². The number of carbonyl (C=O) groups excluding carboxylic acids is 1. The number of amides is 1. The van der Waals surface area contributed by atoms with Crippen LogP contribution in [0.5, 0.6) is 0 Å². The number of rotatable bonds is 4. The Labute approximate surface area is 136 Å². The largest absolute Gasteiger partial charge is 0.324 e. The molecule has 0 saturated heterocycles. The van der Waals surface area contributed by atoms with Crippen LogP contribution in [0.3, 0.4) is 0 Å². The van der Waals surface area contributed by atoms with Gasteiger partial charge in [-0.3, -0.25) is 9.69 Å². The van der Waals surface area contributed by atoms with E-state index in [9.17, 15) is 4.79 Å². The fraction of sp³-hybridized carbons (Fsp3) is 0.389. The third-order valence-corrected chi connectivity index (χ3v) is 5.28. The Morgan fingerprint density at radius 3 is 3.05 bits per heavy atom. The summed E-state index contributed by atoms with van der Waals surface area (Å²) in [5, 5.41) is 5.26. The van der Waals surface area contributed by atoms with Crippen molar-refractivity contribution >= 4 is 22.9 Å². The average Bonchev–Trinajstić information content (AvgIpc) is 2.97. The van der Waals surface area contributed by atoms with Crippen LogP contribution in [-0.2, 0) is 24.2 Å². The maximum atomic E-state index is 12.4. The van der Waals surface area contributed by atoms with Gasteiger partial charge in [0.15, 0.2) is 0 Å². The van der Waals surface area contributed by atoms with E-state index in [1.807, 2.05) is 30.4 Å². The number of thiophene rings is 1. The first-order valence-electron chi connectivity index (χ1n) is 7.83. The summed E-state index contributed by atoms with van der Waals surface area (Å²) in [6.07, 6.45) is 1.99. The first-order chi connectivity index (χ1) is 10.7. The lowest BCUT2D eigenvalue weighted by Crippen LogP contribution is -2.36. The molecule has 0 saturated carbocycles. The van der Waals surface area contributed by atoms with Gasteiger partial charge in [0.05, 0.1) is 6.54 Å².